The Balaban J connectivity index is 1.77. The summed E-state index contributed by atoms with van der Waals surface area (Å²) in [7, 11) is 3.96. The van der Waals surface area contributed by atoms with Crippen LogP contribution in [0.25, 0.3) is 0 Å². The average molecular weight is 292 g/mol. The number of carbonyl (C=O) groups is 1. The van der Waals surface area contributed by atoms with Crippen molar-refractivity contribution in [3.63, 3.8) is 0 Å². The topological polar surface area (TPSA) is 66.5 Å². The summed E-state index contributed by atoms with van der Waals surface area (Å²) >= 11 is 0. The minimum Gasteiger partial charge on any atom is -0.372 e. The van der Waals surface area contributed by atoms with Crippen LogP contribution in [0.5, 0.6) is 0 Å². The second-order valence-electron chi connectivity index (χ2n) is 5.54. The van der Waals surface area contributed by atoms with Crippen LogP contribution >= 0.6 is 0 Å². The highest BCUT2D eigenvalue weighted by atomic mass is 16.5. The fraction of sp³-hybridized carbons (Fsp3) is 0.600. The molecule has 6 heteroatoms. The van der Waals surface area contributed by atoms with Gasteiger partial charge in [-0.2, -0.15) is 0 Å². The molecule has 0 radical (unpaired) electrons. The molecule has 0 aliphatic carbocycles. The van der Waals surface area contributed by atoms with E-state index in [1.54, 1.807) is 6.20 Å². The van der Waals surface area contributed by atoms with Crippen molar-refractivity contribution < 1.29 is 9.53 Å². The fourth-order valence-corrected chi connectivity index (χ4v) is 2.33. The average Bonchev–Trinajstić information content (AvgIpc) is 2.48. The van der Waals surface area contributed by atoms with Gasteiger partial charge in [0.1, 0.15) is 6.10 Å². The lowest BCUT2D eigenvalue weighted by Crippen LogP contribution is -2.46. The SMILES string of the molecule is CN(C)CCNC(=O)N[C@@H]1CCO[C@@H](c2ccccn2)C1. The highest BCUT2D eigenvalue weighted by molar-refractivity contribution is 5.74. The highest BCUT2D eigenvalue weighted by Gasteiger charge is 2.25. The summed E-state index contributed by atoms with van der Waals surface area (Å²) in [5.41, 5.74) is 0.928. The van der Waals surface area contributed by atoms with Gasteiger partial charge in [-0.1, -0.05) is 6.07 Å². The van der Waals surface area contributed by atoms with Gasteiger partial charge in [0.25, 0.3) is 0 Å². The van der Waals surface area contributed by atoms with E-state index >= 15 is 0 Å². The Bertz CT molecular complexity index is 439. The molecule has 116 valence electrons. The van der Waals surface area contributed by atoms with Crippen LogP contribution in [0.15, 0.2) is 24.4 Å². The number of carbonyl (C=O) groups excluding carboxylic acids is 1. The lowest BCUT2D eigenvalue weighted by molar-refractivity contribution is -0.000224. The molecule has 0 saturated carbocycles. The molecule has 0 bridgehead atoms. The number of ether oxygens (including phenoxy) is 1. The third-order valence-corrected chi connectivity index (χ3v) is 3.48. The third kappa shape index (κ3) is 5.32. The van der Waals surface area contributed by atoms with E-state index in [-0.39, 0.29) is 18.2 Å². The van der Waals surface area contributed by atoms with Crippen LogP contribution in [0.4, 0.5) is 4.79 Å². The maximum absolute atomic E-state index is 11.8. The van der Waals surface area contributed by atoms with Gasteiger partial charge in [-0.05, 0) is 39.1 Å². The van der Waals surface area contributed by atoms with Crippen LogP contribution < -0.4 is 10.6 Å². The number of aromatic nitrogens is 1. The molecule has 1 fully saturated rings. The predicted molar refractivity (Wildman–Crippen MR) is 81.0 cm³/mol. The molecule has 2 rings (SSSR count). The maximum atomic E-state index is 11.8. The van der Waals surface area contributed by atoms with Crippen molar-refractivity contribution in [2.45, 2.75) is 25.0 Å². The predicted octanol–water partition coefficient (Wildman–Crippen LogP) is 1.16. The fourth-order valence-electron chi connectivity index (χ4n) is 2.33. The molecular formula is C15H24N4O2. The van der Waals surface area contributed by atoms with Gasteiger partial charge in [0.05, 0.1) is 5.69 Å². The molecule has 0 aromatic carbocycles. The molecule has 0 unspecified atom stereocenters. The largest absolute Gasteiger partial charge is 0.372 e. The molecule has 1 aliphatic rings. The molecular weight excluding hydrogens is 268 g/mol. The van der Waals surface area contributed by atoms with E-state index in [0.29, 0.717) is 13.2 Å². The monoisotopic (exact) mass is 292 g/mol. The molecule has 1 aliphatic heterocycles. The molecule has 0 spiro atoms. The number of nitrogens with one attached hydrogen (secondary N) is 2. The molecule has 2 amide bonds. The number of hydrogen-bond acceptors (Lipinski definition) is 4. The van der Waals surface area contributed by atoms with Crippen molar-refractivity contribution in [2.24, 2.45) is 0 Å². The second kappa shape index (κ2) is 7.95. The number of hydrogen-bond donors (Lipinski definition) is 2. The Labute approximate surface area is 125 Å². The first-order chi connectivity index (χ1) is 10.1. The Morgan fingerprint density at radius 2 is 2.33 bits per heavy atom. The minimum atomic E-state index is -0.108. The van der Waals surface area contributed by atoms with Gasteiger partial charge in [-0.25, -0.2) is 4.79 Å². The first-order valence-electron chi connectivity index (χ1n) is 7.37. The van der Waals surface area contributed by atoms with Crippen LogP contribution in [0.1, 0.15) is 24.6 Å². The van der Waals surface area contributed by atoms with Crippen LogP contribution in [-0.4, -0.2) is 55.7 Å². The number of amides is 2. The molecule has 2 N–H and O–H groups in total. The van der Waals surface area contributed by atoms with Gasteiger partial charge in [-0.15, -0.1) is 0 Å². The summed E-state index contributed by atoms with van der Waals surface area (Å²) in [4.78, 5) is 18.2. The second-order valence-corrected chi connectivity index (χ2v) is 5.54. The van der Waals surface area contributed by atoms with Crippen LogP contribution in [0.2, 0.25) is 0 Å². The van der Waals surface area contributed by atoms with Crippen LogP contribution in [-0.2, 0) is 4.74 Å². The van der Waals surface area contributed by atoms with E-state index in [1.165, 1.54) is 0 Å². The summed E-state index contributed by atoms with van der Waals surface area (Å²) < 4.78 is 5.75. The van der Waals surface area contributed by atoms with Gasteiger partial charge < -0.3 is 20.3 Å². The van der Waals surface area contributed by atoms with Crippen molar-refractivity contribution in [1.82, 2.24) is 20.5 Å². The lowest BCUT2D eigenvalue weighted by Gasteiger charge is -2.29. The molecule has 1 saturated heterocycles. The summed E-state index contributed by atoms with van der Waals surface area (Å²) in [6.45, 7) is 2.12. The standard InChI is InChI=1S/C15H24N4O2/c1-19(2)9-8-17-15(20)18-12-6-10-21-14(11-12)13-5-3-4-7-16-13/h3-5,7,12,14H,6,8-11H2,1-2H3,(H2,17,18,20)/t12-,14-/m1/s1. The Kier molecular flexibility index (Phi) is 5.95. The first-order valence-corrected chi connectivity index (χ1v) is 7.37. The maximum Gasteiger partial charge on any atom is 0.315 e. The lowest BCUT2D eigenvalue weighted by atomic mass is 10.0. The van der Waals surface area contributed by atoms with Crippen LogP contribution in [0.3, 0.4) is 0 Å². The van der Waals surface area contributed by atoms with E-state index in [1.807, 2.05) is 37.2 Å². The number of rotatable bonds is 5. The number of nitrogens with zero attached hydrogens (tertiary/aromatic N) is 2. The van der Waals surface area contributed by atoms with E-state index in [2.05, 4.69) is 15.6 Å². The minimum absolute atomic E-state index is 0.0352. The molecule has 21 heavy (non-hydrogen) atoms. The number of urea groups is 1. The van der Waals surface area contributed by atoms with E-state index < -0.39 is 0 Å². The van der Waals surface area contributed by atoms with E-state index in [4.69, 9.17) is 4.74 Å². The van der Waals surface area contributed by atoms with Gasteiger partial charge in [-0.3, -0.25) is 4.98 Å². The van der Waals surface area contributed by atoms with Crippen LogP contribution in [0, 0.1) is 0 Å². The quantitative estimate of drug-likeness (QED) is 0.855. The zero-order valence-corrected chi connectivity index (χ0v) is 12.7. The molecule has 2 heterocycles. The molecule has 6 nitrogen and oxygen atoms in total. The summed E-state index contributed by atoms with van der Waals surface area (Å²) in [5, 5.41) is 5.88. The normalized spacial score (nSPS) is 22.0. The number of pyridine rings is 1. The van der Waals surface area contributed by atoms with Crippen molar-refractivity contribution in [3.05, 3.63) is 30.1 Å². The molecule has 1 aromatic heterocycles. The van der Waals surface area contributed by atoms with Gasteiger partial charge in [0, 0.05) is 31.9 Å². The van der Waals surface area contributed by atoms with Gasteiger partial charge in [0.2, 0.25) is 0 Å². The Morgan fingerprint density at radius 1 is 1.48 bits per heavy atom. The van der Waals surface area contributed by atoms with Crippen molar-refractivity contribution >= 4 is 6.03 Å². The summed E-state index contributed by atoms with van der Waals surface area (Å²) in [6, 6.07) is 5.83. The van der Waals surface area contributed by atoms with E-state index in [0.717, 1.165) is 25.1 Å². The highest BCUT2D eigenvalue weighted by Crippen LogP contribution is 2.26. The number of likely N-dealkylation sites (N-methyl/N-ethyl adjacent to an activating group) is 1. The first kappa shape index (κ1) is 15.7. The third-order valence-electron chi connectivity index (χ3n) is 3.48. The summed E-state index contributed by atoms with van der Waals surface area (Å²) in [5.74, 6) is 0. The summed E-state index contributed by atoms with van der Waals surface area (Å²) in [6.07, 6.45) is 3.33. The zero-order valence-electron chi connectivity index (χ0n) is 12.7. The smallest absolute Gasteiger partial charge is 0.315 e. The van der Waals surface area contributed by atoms with Crippen molar-refractivity contribution in [2.75, 3.05) is 33.8 Å². The Hall–Kier alpha value is -1.66. The van der Waals surface area contributed by atoms with E-state index in [9.17, 15) is 4.79 Å². The molecule has 2 atom stereocenters. The molecule has 1 aromatic rings. The zero-order chi connectivity index (χ0) is 15.1. The van der Waals surface area contributed by atoms with Gasteiger partial charge >= 0.3 is 6.03 Å². The van der Waals surface area contributed by atoms with Gasteiger partial charge in [0.15, 0.2) is 0 Å². The Morgan fingerprint density at radius 3 is 3.05 bits per heavy atom. The van der Waals surface area contributed by atoms with Crippen molar-refractivity contribution in [3.8, 4) is 0 Å². The van der Waals surface area contributed by atoms with Crippen molar-refractivity contribution in [1.29, 1.82) is 0 Å².